The Balaban J connectivity index is 2.04. The standard InChI is InChI=1S/C18H16F3NO4S/c19-18(20,21)13-6-4-5-12(11-13)16(23)22-15(17(24)25)9-10-27(26)14-7-2-1-3-8-14/h1-8,11,15H,9-10H2,(H,22,23)(H,24,25)/t15-,27-/m0/s1. The number of carbonyl (C=O) groups excluding carboxylic acids is 1. The molecule has 2 aromatic carbocycles. The van der Waals surface area contributed by atoms with E-state index in [2.05, 4.69) is 5.32 Å². The van der Waals surface area contributed by atoms with Gasteiger partial charge in [0.05, 0.1) is 16.4 Å². The number of aliphatic carboxylic acids is 1. The molecule has 5 nitrogen and oxygen atoms in total. The Morgan fingerprint density at radius 3 is 2.33 bits per heavy atom. The van der Waals surface area contributed by atoms with Crippen LogP contribution in [0.25, 0.3) is 0 Å². The maximum absolute atomic E-state index is 12.7. The van der Waals surface area contributed by atoms with E-state index in [1.807, 2.05) is 0 Å². The number of rotatable bonds is 7. The van der Waals surface area contributed by atoms with Crippen molar-refractivity contribution in [3.8, 4) is 0 Å². The normalized spacial score (nSPS) is 13.6. The van der Waals surface area contributed by atoms with Crippen LogP contribution in [0, 0.1) is 0 Å². The van der Waals surface area contributed by atoms with Crippen LogP contribution in [0.4, 0.5) is 13.2 Å². The van der Waals surface area contributed by atoms with Gasteiger partial charge in [-0.3, -0.25) is 9.00 Å². The summed E-state index contributed by atoms with van der Waals surface area (Å²) in [6.07, 6.45) is -4.75. The Bertz CT molecular complexity index is 840. The first kappa shape index (κ1) is 20.6. The van der Waals surface area contributed by atoms with E-state index in [4.69, 9.17) is 0 Å². The van der Waals surface area contributed by atoms with Crippen LogP contribution in [0.15, 0.2) is 59.5 Å². The minimum absolute atomic E-state index is 0.0240. The quantitative estimate of drug-likeness (QED) is 0.750. The highest BCUT2D eigenvalue weighted by Gasteiger charge is 2.31. The third-order valence-electron chi connectivity index (χ3n) is 3.65. The smallest absolute Gasteiger partial charge is 0.416 e. The molecule has 0 saturated carbocycles. The largest absolute Gasteiger partial charge is 0.480 e. The lowest BCUT2D eigenvalue weighted by Crippen LogP contribution is -2.41. The van der Waals surface area contributed by atoms with Gasteiger partial charge in [-0.1, -0.05) is 24.3 Å². The molecule has 0 fully saturated rings. The van der Waals surface area contributed by atoms with E-state index in [-0.39, 0.29) is 17.7 Å². The zero-order valence-electron chi connectivity index (χ0n) is 13.9. The minimum Gasteiger partial charge on any atom is -0.480 e. The number of halogens is 3. The lowest BCUT2D eigenvalue weighted by atomic mass is 10.1. The number of carboxylic acid groups (broad SMARTS) is 1. The summed E-state index contributed by atoms with van der Waals surface area (Å²) in [6, 6.07) is 10.7. The summed E-state index contributed by atoms with van der Waals surface area (Å²) in [7, 11) is -1.46. The highest BCUT2D eigenvalue weighted by atomic mass is 32.2. The Hall–Kier alpha value is -2.68. The molecule has 0 aromatic heterocycles. The molecule has 1 amide bonds. The molecule has 9 heteroatoms. The molecule has 2 rings (SSSR count). The minimum atomic E-state index is -4.62. The molecule has 144 valence electrons. The van der Waals surface area contributed by atoms with E-state index in [0.717, 1.165) is 18.2 Å². The monoisotopic (exact) mass is 399 g/mol. The number of hydrogen-bond donors (Lipinski definition) is 2. The van der Waals surface area contributed by atoms with Crippen molar-refractivity contribution in [3.63, 3.8) is 0 Å². The van der Waals surface area contributed by atoms with E-state index in [1.54, 1.807) is 30.3 Å². The summed E-state index contributed by atoms with van der Waals surface area (Å²) < 4.78 is 50.4. The SMILES string of the molecule is O=C(N[C@@H](CC[S@](=O)c1ccccc1)C(=O)O)c1cccc(C(F)(F)F)c1. The summed E-state index contributed by atoms with van der Waals surface area (Å²) in [5, 5.41) is 11.4. The molecule has 2 N–H and O–H groups in total. The van der Waals surface area contributed by atoms with Crippen LogP contribution in [0.5, 0.6) is 0 Å². The molecule has 0 aliphatic carbocycles. The van der Waals surface area contributed by atoms with Crippen LogP contribution in [0.3, 0.4) is 0 Å². The molecule has 0 bridgehead atoms. The first-order chi connectivity index (χ1) is 12.7. The number of carboxylic acids is 1. The van der Waals surface area contributed by atoms with Gasteiger partial charge in [-0.2, -0.15) is 13.2 Å². The number of benzene rings is 2. The van der Waals surface area contributed by atoms with Gasteiger partial charge in [-0.25, -0.2) is 4.79 Å². The Morgan fingerprint density at radius 1 is 1.07 bits per heavy atom. The molecule has 0 saturated heterocycles. The van der Waals surface area contributed by atoms with Crippen LogP contribution in [0.1, 0.15) is 22.3 Å². The maximum atomic E-state index is 12.7. The van der Waals surface area contributed by atoms with Crippen LogP contribution in [0.2, 0.25) is 0 Å². The fourth-order valence-corrected chi connectivity index (χ4v) is 3.40. The highest BCUT2D eigenvalue weighted by Crippen LogP contribution is 2.29. The first-order valence-corrected chi connectivity index (χ1v) is 9.14. The van der Waals surface area contributed by atoms with Crippen molar-refractivity contribution in [2.75, 3.05) is 5.75 Å². The van der Waals surface area contributed by atoms with Crippen LogP contribution < -0.4 is 5.32 Å². The predicted octanol–water partition coefficient (Wildman–Crippen LogP) is 3.09. The van der Waals surface area contributed by atoms with Crippen LogP contribution in [-0.2, 0) is 21.8 Å². The zero-order valence-corrected chi connectivity index (χ0v) is 14.7. The fraction of sp³-hybridized carbons (Fsp3) is 0.222. The molecule has 27 heavy (non-hydrogen) atoms. The summed E-state index contributed by atoms with van der Waals surface area (Å²) in [5.41, 5.74) is -1.31. The van der Waals surface area contributed by atoms with Gasteiger partial charge < -0.3 is 10.4 Å². The zero-order chi connectivity index (χ0) is 20.0. The van der Waals surface area contributed by atoms with Gasteiger partial charge in [0, 0.05) is 16.2 Å². The second kappa shape index (κ2) is 8.81. The lowest BCUT2D eigenvalue weighted by Gasteiger charge is -2.15. The molecule has 0 radical (unpaired) electrons. The maximum Gasteiger partial charge on any atom is 0.416 e. The molecule has 0 unspecified atom stereocenters. The fourth-order valence-electron chi connectivity index (χ4n) is 2.25. The van der Waals surface area contributed by atoms with Gasteiger partial charge in [0.1, 0.15) is 6.04 Å². The molecule has 2 aromatic rings. The molecule has 0 heterocycles. The average Bonchev–Trinajstić information content (AvgIpc) is 2.64. The van der Waals surface area contributed by atoms with Gasteiger partial charge in [-0.05, 0) is 36.8 Å². The number of carbonyl (C=O) groups is 2. The lowest BCUT2D eigenvalue weighted by molar-refractivity contribution is -0.139. The van der Waals surface area contributed by atoms with Crippen molar-refractivity contribution in [3.05, 3.63) is 65.7 Å². The second-order valence-corrected chi connectivity index (χ2v) is 7.16. The van der Waals surface area contributed by atoms with E-state index in [9.17, 15) is 32.1 Å². The first-order valence-electron chi connectivity index (χ1n) is 7.83. The summed E-state index contributed by atoms with van der Waals surface area (Å²) in [6.45, 7) is 0. The Kier molecular flexibility index (Phi) is 6.73. The van der Waals surface area contributed by atoms with Crippen molar-refractivity contribution in [1.29, 1.82) is 0 Å². The average molecular weight is 399 g/mol. The van der Waals surface area contributed by atoms with Crippen molar-refractivity contribution in [1.82, 2.24) is 5.32 Å². The van der Waals surface area contributed by atoms with Crippen molar-refractivity contribution >= 4 is 22.7 Å². The molecule has 0 aliphatic heterocycles. The highest BCUT2D eigenvalue weighted by molar-refractivity contribution is 7.85. The van der Waals surface area contributed by atoms with Gasteiger partial charge in [-0.15, -0.1) is 0 Å². The van der Waals surface area contributed by atoms with Crippen molar-refractivity contribution < 1.29 is 32.1 Å². The Labute approximate surface area is 155 Å². The summed E-state index contributed by atoms with van der Waals surface area (Å²) >= 11 is 0. The van der Waals surface area contributed by atoms with Gasteiger partial charge in [0.25, 0.3) is 5.91 Å². The molecule has 0 aliphatic rings. The van der Waals surface area contributed by atoms with Crippen LogP contribution in [-0.4, -0.2) is 33.0 Å². The predicted molar refractivity (Wildman–Crippen MR) is 92.7 cm³/mol. The topological polar surface area (TPSA) is 83.5 Å². The van der Waals surface area contributed by atoms with Gasteiger partial charge in [0.15, 0.2) is 0 Å². The summed E-state index contributed by atoms with van der Waals surface area (Å²) in [5.74, 6) is -2.33. The number of nitrogens with one attached hydrogen (secondary N) is 1. The van der Waals surface area contributed by atoms with Crippen LogP contribution >= 0.6 is 0 Å². The van der Waals surface area contributed by atoms with Gasteiger partial charge in [0.2, 0.25) is 0 Å². The Morgan fingerprint density at radius 2 is 1.74 bits per heavy atom. The van der Waals surface area contributed by atoms with E-state index >= 15 is 0 Å². The van der Waals surface area contributed by atoms with Gasteiger partial charge >= 0.3 is 12.1 Å². The number of hydrogen-bond acceptors (Lipinski definition) is 3. The van der Waals surface area contributed by atoms with Crippen molar-refractivity contribution in [2.45, 2.75) is 23.5 Å². The molecule has 2 atom stereocenters. The number of amides is 1. The summed E-state index contributed by atoms with van der Waals surface area (Å²) in [4.78, 5) is 24.0. The third kappa shape index (κ3) is 5.92. The van der Waals surface area contributed by atoms with E-state index in [0.29, 0.717) is 11.0 Å². The molecular weight excluding hydrogens is 383 g/mol. The molecule has 0 spiro atoms. The van der Waals surface area contributed by atoms with Crippen molar-refractivity contribution in [2.24, 2.45) is 0 Å². The van der Waals surface area contributed by atoms with E-state index in [1.165, 1.54) is 0 Å². The number of alkyl halides is 3. The second-order valence-electron chi connectivity index (χ2n) is 5.59. The van der Waals surface area contributed by atoms with E-state index < -0.39 is 40.5 Å². The molecular formula is C18H16F3NO4S. The third-order valence-corrected chi connectivity index (χ3v) is 5.06.